The second-order valence-electron chi connectivity index (χ2n) is 8.25. The fraction of sp³-hybridized carbons (Fsp3) is 0.296. The lowest BCUT2D eigenvalue weighted by molar-refractivity contribution is 0.479. The average Bonchev–Trinajstić information content (AvgIpc) is 2.80. The van der Waals surface area contributed by atoms with Gasteiger partial charge in [0.25, 0.3) is 0 Å². The van der Waals surface area contributed by atoms with Crippen molar-refractivity contribution >= 4 is 33.1 Å². The number of nitrogen functional groups attached to an aromatic ring is 2. The highest BCUT2D eigenvalue weighted by Crippen LogP contribution is 2.38. The second kappa shape index (κ2) is 9.36. The Hall–Kier alpha value is -3.11. The summed E-state index contributed by atoms with van der Waals surface area (Å²) in [5.41, 5.74) is 18.9. The van der Waals surface area contributed by atoms with Crippen molar-refractivity contribution in [1.29, 1.82) is 0 Å². The summed E-state index contributed by atoms with van der Waals surface area (Å²) >= 11 is 0. The van der Waals surface area contributed by atoms with Crippen LogP contribution in [0.4, 0.5) is 11.4 Å². The molecule has 0 saturated carbocycles. The zero-order valence-electron chi connectivity index (χ0n) is 18.5. The van der Waals surface area contributed by atoms with Crippen LogP contribution in [0.15, 0.2) is 60.8 Å². The molecule has 0 radical (unpaired) electrons. The van der Waals surface area contributed by atoms with Crippen molar-refractivity contribution in [1.82, 2.24) is 10.3 Å². The van der Waals surface area contributed by atoms with Crippen molar-refractivity contribution < 1.29 is 0 Å². The summed E-state index contributed by atoms with van der Waals surface area (Å²) in [7, 11) is 0. The van der Waals surface area contributed by atoms with Gasteiger partial charge in [0.15, 0.2) is 0 Å². The van der Waals surface area contributed by atoms with Crippen LogP contribution in [-0.4, -0.2) is 17.6 Å². The van der Waals surface area contributed by atoms with E-state index in [0.29, 0.717) is 6.04 Å². The van der Waals surface area contributed by atoms with Gasteiger partial charge in [0.1, 0.15) is 0 Å². The molecule has 3 aromatic carbocycles. The van der Waals surface area contributed by atoms with Crippen LogP contribution >= 0.6 is 0 Å². The molecule has 0 aliphatic heterocycles. The number of hydrogen-bond acceptors (Lipinski definition) is 4. The lowest BCUT2D eigenvalue weighted by Gasteiger charge is -2.19. The van der Waals surface area contributed by atoms with Gasteiger partial charge >= 0.3 is 0 Å². The lowest BCUT2D eigenvalue weighted by Crippen LogP contribution is -2.28. The number of aryl methyl sites for hydroxylation is 1. The van der Waals surface area contributed by atoms with Gasteiger partial charge in [-0.05, 0) is 78.6 Å². The molecule has 0 aliphatic rings. The molecule has 1 heterocycles. The van der Waals surface area contributed by atoms with E-state index in [0.717, 1.165) is 59.9 Å². The fourth-order valence-corrected chi connectivity index (χ4v) is 4.49. The summed E-state index contributed by atoms with van der Waals surface area (Å²) < 4.78 is 0. The Labute approximate surface area is 184 Å². The van der Waals surface area contributed by atoms with Crippen molar-refractivity contribution in [2.24, 2.45) is 0 Å². The van der Waals surface area contributed by atoms with Crippen molar-refractivity contribution in [2.45, 2.75) is 45.6 Å². The number of pyridine rings is 1. The van der Waals surface area contributed by atoms with Gasteiger partial charge in [0, 0.05) is 34.4 Å². The molecule has 4 nitrogen and oxygen atoms in total. The predicted octanol–water partition coefficient (Wildman–Crippen LogP) is 5.93. The molecule has 4 rings (SSSR count). The van der Waals surface area contributed by atoms with E-state index in [1.54, 1.807) is 0 Å². The zero-order chi connectivity index (χ0) is 21.8. The first kappa shape index (κ1) is 21.1. The summed E-state index contributed by atoms with van der Waals surface area (Å²) in [5, 5.41) is 6.95. The largest absolute Gasteiger partial charge is 0.399 e. The van der Waals surface area contributed by atoms with Crippen molar-refractivity contribution in [3.63, 3.8) is 0 Å². The third-order valence-electron chi connectivity index (χ3n) is 6.24. The SMILES string of the molecule is CCC(CC)NCCCc1c(-c2ccccc2)cc(N)c2cnc3ccc(N)cc3c12. The van der Waals surface area contributed by atoms with E-state index in [4.69, 9.17) is 11.5 Å². The molecule has 0 atom stereocenters. The van der Waals surface area contributed by atoms with E-state index in [-0.39, 0.29) is 0 Å². The van der Waals surface area contributed by atoms with Crippen molar-refractivity contribution in [3.8, 4) is 11.1 Å². The summed E-state index contributed by atoms with van der Waals surface area (Å²) in [6.07, 6.45) is 6.24. The number of aromatic nitrogens is 1. The maximum absolute atomic E-state index is 6.54. The van der Waals surface area contributed by atoms with Crippen LogP contribution < -0.4 is 16.8 Å². The first-order chi connectivity index (χ1) is 15.1. The van der Waals surface area contributed by atoms with E-state index in [9.17, 15) is 0 Å². The second-order valence-corrected chi connectivity index (χ2v) is 8.25. The third kappa shape index (κ3) is 4.35. The van der Waals surface area contributed by atoms with Gasteiger partial charge in [0.2, 0.25) is 0 Å². The number of nitrogens with zero attached hydrogens (tertiary/aromatic N) is 1. The van der Waals surface area contributed by atoms with Gasteiger partial charge in [0.05, 0.1) is 5.52 Å². The first-order valence-corrected chi connectivity index (χ1v) is 11.3. The Balaban J connectivity index is 1.86. The number of nitrogens with one attached hydrogen (secondary N) is 1. The number of nitrogens with two attached hydrogens (primary N) is 2. The maximum atomic E-state index is 6.54. The average molecular weight is 413 g/mol. The standard InChI is InChI=1S/C27H32N4/c1-3-20(4-2)30-14-8-11-21-22(18-9-6-5-7-10-18)16-25(29)24-17-31-26-13-12-19(28)15-23(26)27(21)24/h5-7,9-10,12-13,15-17,20,30H,3-4,8,11,14,28-29H2,1-2H3. The molecule has 4 aromatic rings. The number of anilines is 2. The Morgan fingerprint density at radius 2 is 1.71 bits per heavy atom. The van der Waals surface area contributed by atoms with Gasteiger partial charge in [-0.2, -0.15) is 0 Å². The smallest absolute Gasteiger partial charge is 0.0710 e. The Kier molecular flexibility index (Phi) is 6.38. The topological polar surface area (TPSA) is 77.0 Å². The van der Waals surface area contributed by atoms with Gasteiger partial charge in [-0.3, -0.25) is 4.98 Å². The van der Waals surface area contributed by atoms with Crippen molar-refractivity contribution in [2.75, 3.05) is 18.0 Å². The van der Waals surface area contributed by atoms with Crippen LogP contribution in [-0.2, 0) is 6.42 Å². The third-order valence-corrected chi connectivity index (χ3v) is 6.24. The summed E-state index contributed by atoms with van der Waals surface area (Å²) in [4.78, 5) is 4.65. The fourth-order valence-electron chi connectivity index (χ4n) is 4.49. The number of hydrogen-bond donors (Lipinski definition) is 3. The minimum atomic E-state index is 0.585. The highest BCUT2D eigenvalue weighted by Gasteiger charge is 2.16. The maximum Gasteiger partial charge on any atom is 0.0710 e. The predicted molar refractivity (Wildman–Crippen MR) is 134 cm³/mol. The molecule has 0 bridgehead atoms. The Morgan fingerprint density at radius 3 is 2.45 bits per heavy atom. The molecule has 5 N–H and O–H groups in total. The van der Waals surface area contributed by atoms with Gasteiger partial charge in [-0.15, -0.1) is 0 Å². The Morgan fingerprint density at radius 1 is 0.935 bits per heavy atom. The summed E-state index contributed by atoms with van der Waals surface area (Å²) in [6.45, 7) is 5.48. The molecular formula is C27H32N4. The Bertz CT molecular complexity index is 1180. The van der Waals surface area contributed by atoms with Crippen LogP contribution in [0.3, 0.4) is 0 Å². The van der Waals surface area contributed by atoms with Gasteiger partial charge in [-0.1, -0.05) is 44.2 Å². The number of rotatable bonds is 8. The quantitative estimate of drug-likeness (QED) is 0.190. The van der Waals surface area contributed by atoms with Crippen LogP contribution in [0.25, 0.3) is 32.8 Å². The van der Waals surface area contributed by atoms with Gasteiger partial charge < -0.3 is 16.8 Å². The molecule has 31 heavy (non-hydrogen) atoms. The van der Waals surface area contributed by atoms with Crippen LogP contribution in [0.5, 0.6) is 0 Å². The van der Waals surface area contributed by atoms with E-state index in [1.165, 1.54) is 22.1 Å². The molecule has 1 aromatic heterocycles. The van der Waals surface area contributed by atoms with Crippen LogP contribution in [0, 0.1) is 0 Å². The van der Waals surface area contributed by atoms with Gasteiger partial charge in [-0.25, -0.2) is 0 Å². The van der Waals surface area contributed by atoms with E-state index in [1.807, 2.05) is 30.5 Å². The molecule has 0 unspecified atom stereocenters. The van der Waals surface area contributed by atoms with Crippen LogP contribution in [0.1, 0.15) is 38.7 Å². The molecule has 0 amide bonds. The minimum absolute atomic E-state index is 0.585. The highest BCUT2D eigenvalue weighted by atomic mass is 14.9. The first-order valence-electron chi connectivity index (χ1n) is 11.3. The lowest BCUT2D eigenvalue weighted by atomic mass is 9.89. The minimum Gasteiger partial charge on any atom is -0.399 e. The highest BCUT2D eigenvalue weighted by molar-refractivity contribution is 6.13. The molecular weight excluding hydrogens is 380 g/mol. The molecule has 4 heteroatoms. The number of fused-ring (bicyclic) bond motifs is 3. The van der Waals surface area contributed by atoms with E-state index in [2.05, 4.69) is 54.5 Å². The summed E-state index contributed by atoms with van der Waals surface area (Å²) in [5.74, 6) is 0. The van der Waals surface area contributed by atoms with E-state index < -0.39 is 0 Å². The van der Waals surface area contributed by atoms with Crippen LogP contribution in [0.2, 0.25) is 0 Å². The normalized spacial score (nSPS) is 11.6. The van der Waals surface area contributed by atoms with E-state index >= 15 is 0 Å². The zero-order valence-corrected chi connectivity index (χ0v) is 18.5. The molecule has 0 aliphatic carbocycles. The molecule has 0 spiro atoms. The summed E-state index contributed by atoms with van der Waals surface area (Å²) in [6, 6.07) is 19.2. The molecule has 160 valence electrons. The van der Waals surface area contributed by atoms with Crippen molar-refractivity contribution in [3.05, 3.63) is 66.4 Å². The number of benzene rings is 3. The monoisotopic (exact) mass is 412 g/mol. The molecule has 0 fully saturated rings. The molecule has 0 saturated heterocycles.